The van der Waals surface area contributed by atoms with Crippen LogP contribution in [0.1, 0.15) is 21.5 Å². The van der Waals surface area contributed by atoms with Gasteiger partial charge in [0.25, 0.3) is 5.91 Å². The average molecular weight is 402 g/mol. The van der Waals surface area contributed by atoms with Crippen LogP contribution in [0.15, 0.2) is 34.9 Å². The van der Waals surface area contributed by atoms with Crippen molar-refractivity contribution in [1.29, 1.82) is 0 Å². The Hall–Kier alpha value is -2.67. The Balaban J connectivity index is 1.51. The van der Waals surface area contributed by atoms with Crippen LogP contribution in [-0.4, -0.2) is 24.4 Å². The Morgan fingerprint density at radius 3 is 2.52 bits per heavy atom. The first-order valence-corrected chi connectivity index (χ1v) is 8.50. The van der Waals surface area contributed by atoms with E-state index in [0.29, 0.717) is 28.1 Å². The molecule has 3 aliphatic heterocycles. The molecule has 25 heavy (non-hydrogen) atoms. The van der Waals surface area contributed by atoms with Crippen molar-refractivity contribution in [3.8, 4) is 23.0 Å². The molecule has 126 valence electrons. The molecule has 0 aromatic heterocycles. The second-order valence-corrected chi connectivity index (χ2v) is 6.63. The predicted octanol–water partition coefficient (Wildman–Crippen LogP) is 3.53. The van der Waals surface area contributed by atoms with Crippen molar-refractivity contribution in [3.63, 3.8) is 0 Å². The van der Waals surface area contributed by atoms with Gasteiger partial charge < -0.3 is 23.8 Å². The van der Waals surface area contributed by atoms with Crippen molar-refractivity contribution in [1.82, 2.24) is 4.90 Å². The van der Waals surface area contributed by atoms with E-state index in [1.165, 1.54) is 0 Å². The first kappa shape index (κ1) is 14.7. The van der Waals surface area contributed by atoms with Gasteiger partial charge >= 0.3 is 0 Å². The Morgan fingerprint density at radius 2 is 1.68 bits per heavy atom. The maximum atomic E-state index is 13.1. The van der Waals surface area contributed by atoms with E-state index in [0.717, 1.165) is 22.6 Å². The molecule has 0 atom stereocenters. The number of amides is 1. The van der Waals surface area contributed by atoms with Crippen LogP contribution in [0, 0.1) is 0 Å². The fourth-order valence-corrected chi connectivity index (χ4v) is 3.67. The van der Waals surface area contributed by atoms with Gasteiger partial charge in [-0.3, -0.25) is 4.79 Å². The van der Waals surface area contributed by atoms with Crippen molar-refractivity contribution in [2.45, 2.75) is 6.54 Å². The molecule has 0 aliphatic carbocycles. The summed E-state index contributed by atoms with van der Waals surface area (Å²) >= 11 is 3.45. The summed E-state index contributed by atoms with van der Waals surface area (Å²) in [5, 5.41) is 0. The van der Waals surface area contributed by atoms with Crippen molar-refractivity contribution in [3.05, 3.63) is 51.6 Å². The number of rotatable bonds is 1. The van der Waals surface area contributed by atoms with Gasteiger partial charge in [-0.15, -0.1) is 0 Å². The van der Waals surface area contributed by atoms with Gasteiger partial charge in [0.1, 0.15) is 5.56 Å². The standard InChI is InChI=1S/C18H12BrNO5/c19-12-2-4-14-17(25-9-23-14)15(12)18(21)20-6-5-11-10(7-20)1-3-13-16(11)24-8-22-13/h1-6H,7-9H2. The van der Waals surface area contributed by atoms with Gasteiger partial charge in [-0.25, -0.2) is 0 Å². The number of halogens is 1. The number of hydrogen-bond donors (Lipinski definition) is 0. The molecule has 0 spiro atoms. The minimum Gasteiger partial charge on any atom is -0.454 e. The fraction of sp³-hybridized carbons (Fsp3) is 0.167. The van der Waals surface area contributed by atoms with Gasteiger partial charge in [0.05, 0.1) is 6.54 Å². The first-order valence-electron chi connectivity index (χ1n) is 7.71. The molecule has 6 nitrogen and oxygen atoms in total. The van der Waals surface area contributed by atoms with Crippen LogP contribution in [0.3, 0.4) is 0 Å². The third kappa shape index (κ3) is 2.19. The summed E-state index contributed by atoms with van der Waals surface area (Å²) in [5.41, 5.74) is 2.42. The summed E-state index contributed by atoms with van der Waals surface area (Å²) in [4.78, 5) is 14.7. The van der Waals surface area contributed by atoms with Gasteiger partial charge in [-0.1, -0.05) is 6.07 Å². The average Bonchev–Trinajstić information content (AvgIpc) is 3.29. The summed E-state index contributed by atoms with van der Waals surface area (Å²) in [7, 11) is 0. The maximum Gasteiger partial charge on any atom is 0.263 e. The zero-order valence-electron chi connectivity index (χ0n) is 13.0. The lowest BCUT2D eigenvalue weighted by Gasteiger charge is -2.25. The van der Waals surface area contributed by atoms with Crippen molar-refractivity contribution >= 4 is 27.9 Å². The lowest BCUT2D eigenvalue weighted by Crippen LogP contribution is -2.28. The number of carbonyl (C=O) groups excluding carboxylic acids is 1. The van der Waals surface area contributed by atoms with Crippen molar-refractivity contribution in [2.75, 3.05) is 13.6 Å². The lowest BCUT2D eigenvalue weighted by molar-refractivity contribution is 0.0807. The minimum absolute atomic E-state index is 0.119. The van der Waals surface area contributed by atoms with E-state index < -0.39 is 0 Å². The molecule has 7 heteroatoms. The zero-order chi connectivity index (χ0) is 17.0. The molecule has 0 N–H and O–H groups in total. The second kappa shape index (κ2) is 5.42. The van der Waals surface area contributed by atoms with E-state index in [2.05, 4.69) is 15.9 Å². The molecule has 0 bridgehead atoms. The molecule has 0 fully saturated rings. The highest BCUT2D eigenvalue weighted by atomic mass is 79.9. The van der Waals surface area contributed by atoms with Crippen LogP contribution >= 0.6 is 15.9 Å². The third-order valence-corrected chi connectivity index (χ3v) is 5.05. The Labute approximate surface area is 151 Å². The molecule has 0 radical (unpaired) electrons. The van der Waals surface area contributed by atoms with E-state index in [9.17, 15) is 4.79 Å². The zero-order valence-corrected chi connectivity index (χ0v) is 14.5. The predicted molar refractivity (Wildman–Crippen MR) is 91.7 cm³/mol. The van der Waals surface area contributed by atoms with E-state index in [1.807, 2.05) is 18.2 Å². The quantitative estimate of drug-likeness (QED) is 0.731. The van der Waals surface area contributed by atoms with Gasteiger partial charge in [0.15, 0.2) is 23.0 Å². The van der Waals surface area contributed by atoms with Crippen LogP contribution in [0.25, 0.3) is 6.08 Å². The normalized spacial score (nSPS) is 16.1. The fourth-order valence-electron chi connectivity index (χ4n) is 3.19. The van der Waals surface area contributed by atoms with Crippen LogP contribution in [0.2, 0.25) is 0 Å². The van der Waals surface area contributed by atoms with E-state index in [1.54, 1.807) is 23.2 Å². The Morgan fingerprint density at radius 1 is 0.960 bits per heavy atom. The molecular formula is C18H12BrNO5. The molecule has 1 amide bonds. The van der Waals surface area contributed by atoms with Crippen LogP contribution in [0.4, 0.5) is 0 Å². The molecule has 2 aromatic carbocycles. The number of fused-ring (bicyclic) bond motifs is 4. The molecular weight excluding hydrogens is 390 g/mol. The number of carbonyl (C=O) groups is 1. The molecule has 0 saturated heterocycles. The molecule has 3 heterocycles. The number of ether oxygens (including phenoxy) is 4. The van der Waals surface area contributed by atoms with Gasteiger partial charge in [-0.05, 0) is 45.8 Å². The van der Waals surface area contributed by atoms with E-state index in [4.69, 9.17) is 18.9 Å². The van der Waals surface area contributed by atoms with Gasteiger partial charge in [0.2, 0.25) is 13.6 Å². The smallest absolute Gasteiger partial charge is 0.263 e. The molecule has 2 aromatic rings. The SMILES string of the molecule is O=C(c1c(Br)ccc2c1OCO2)N1C=Cc2c(ccc3c2OCO3)C1. The largest absolute Gasteiger partial charge is 0.454 e. The van der Waals surface area contributed by atoms with Gasteiger partial charge in [0, 0.05) is 16.2 Å². The summed E-state index contributed by atoms with van der Waals surface area (Å²) in [6.07, 6.45) is 3.63. The number of hydrogen-bond acceptors (Lipinski definition) is 5. The first-order chi connectivity index (χ1) is 12.2. The van der Waals surface area contributed by atoms with Crippen LogP contribution < -0.4 is 18.9 Å². The van der Waals surface area contributed by atoms with Crippen molar-refractivity contribution in [2.24, 2.45) is 0 Å². The molecule has 5 rings (SSSR count). The van der Waals surface area contributed by atoms with Crippen molar-refractivity contribution < 1.29 is 23.7 Å². The number of benzene rings is 2. The summed E-state index contributed by atoms with van der Waals surface area (Å²) in [5.74, 6) is 2.37. The van der Waals surface area contributed by atoms with Gasteiger partial charge in [-0.2, -0.15) is 0 Å². The van der Waals surface area contributed by atoms with E-state index in [-0.39, 0.29) is 19.5 Å². The van der Waals surface area contributed by atoms with E-state index >= 15 is 0 Å². The summed E-state index contributed by atoms with van der Waals surface area (Å²) in [6, 6.07) is 7.40. The Bertz CT molecular complexity index is 940. The molecule has 0 saturated carbocycles. The highest BCUT2D eigenvalue weighted by Crippen LogP contribution is 2.43. The Kier molecular flexibility index (Phi) is 3.18. The number of nitrogens with zero attached hydrogens (tertiary/aromatic N) is 1. The third-order valence-electron chi connectivity index (χ3n) is 4.39. The summed E-state index contributed by atoms with van der Waals surface area (Å²) in [6.45, 7) is 0.787. The maximum absolute atomic E-state index is 13.1. The monoisotopic (exact) mass is 401 g/mol. The molecule has 3 aliphatic rings. The highest BCUT2D eigenvalue weighted by molar-refractivity contribution is 9.10. The highest BCUT2D eigenvalue weighted by Gasteiger charge is 2.30. The topological polar surface area (TPSA) is 57.2 Å². The van der Waals surface area contributed by atoms with Crippen LogP contribution in [0.5, 0.6) is 23.0 Å². The second-order valence-electron chi connectivity index (χ2n) is 5.78. The lowest BCUT2D eigenvalue weighted by atomic mass is 10.0. The minimum atomic E-state index is -0.159. The summed E-state index contributed by atoms with van der Waals surface area (Å²) < 4.78 is 22.5. The molecule has 0 unspecified atom stereocenters. The van der Waals surface area contributed by atoms with Crippen LogP contribution in [-0.2, 0) is 6.54 Å².